The van der Waals surface area contributed by atoms with E-state index in [1.807, 2.05) is 6.07 Å². The molecule has 0 aliphatic rings. The normalized spacial score (nSPS) is 10.7. The molecule has 0 saturated heterocycles. The van der Waals surface area contributed by atoms with Gasteiger partial charge in [0.25, 0.3) is 0 Å². The molecule has 94 valence electrons. The molecule has 0 bridgehead atoms. The summed E-state index contributed by atoms with van der Waals surface area (Å²) in [4.78, 5) is 8.09. The van der Waals surface area contributed by atoms with Crippen molar-refractivity contribution in [3.05, 3.63) is 48.0 Å². The molecule has 0 aliphatic carbocycles. The first kappa shape index (κ1) is 12.5. The highest BCUT2D eigenvalue weighted by Gasteiger charge is 2.10. The Bertz CT molecular complexity index is 512. The lowest BCUT2D eigenvalue weighted by molar-refractivity contribution is 0.617. The third kappa shape index (κ3) is 3.03. The van der Waals surface area contributed by atoms with Crippen molar-refractivity contribution in [3.8, 4) is 0 Å². The quantitative estimate of drug-likeness (QED) is 0.895. The Labute approximate surface area is 106 Å². The highest BCUT2D eigenvalue weighted by atomic mass is 19.1. The number of nitrogens with zero attached hydrogens (tertiary/aromatic N) is 2. The van der Waals surface area contributed by atoms with Gasteiger partial charge in [0.05, 0.1) is 5.69 Å². The molecule has 0 fully saturated rings. The Morgan fingerprint density at radius 3 is 2.56 bits per heavy atom. The third-order valence-electron chi connectivity index (χ3n) is 2.53. The minimum atomic E-state index is -0.277. The first-order valence-corrected chi connectivity index (χ1v) is 5.98. The molecule has 3 nitrogen and oxygen atoms in total. The molecular formula is C14H16FN3. The van der Waals surface area contributed by atoms with E-state index < -0.39 is 0 Å². The number of aromatic nitrogens is 2. The number of hydrogen-bond acceptors (Lipinski definition) is 3. The summed E-state index contributed by atoms with van der Waals surface area (Å²) in [5.41, 5.74) is 1.41. The van der Waals surface area contributed by atoms with Gasteiger partial charge in [-0.3, -0.25) is 0 Å². The van der Waals surface area contributed by atoms with Gasteiger partial charge in [0.15, 0.2) is 0 Å². The van der Waals surface area contributed by atoms with Crippen molar-refractivity contribution in [3.63, 3.8) is 0 Å². The fourth-order valence-corrected chi connectivity index (χ4v) is 1.79. The van der Waals surface area contributed by atoms with Crippen LogP contribution in [-0.4, -0.2) is 9.97 Å². The van der Waals surface area contributed by atoms with Crippen molar-refractivity contribution in [2.24, 2.45) is 5.92 Å². The molecule has 2 aromatic rings. The van der Waals surface area contributed by atoms with E-state index in [0.29, 0.717) is 17.6 Å². The molecule has 0 radical (unpaired) electrons. The Balaban J connectivity index is 2.31. The van der Waals surface area contributed by atoms with Crippen molar-refractivity contribution < 1.29 is 4.39 Å². The predicted molar refractivity (Wildman–Crippen MR) is 70.3 cm³/mol. The zero-order valence-electron chi connectivity index (χ0n) is 10.5. The molecule has 0 unspecified atom stereocenters. The van der Waals surface area contributed by atoms with E-state index in [1.54, 1.807) is 24.5 Å². The first-order valence-electron chi connectivity index (χ1n) is 5.98. The van der Waals surface area contributed by atoms with Gasteiger partial charge in [-0.25, -0.2) is 14.4 Å². The van der Waals surface area contributed by atoms with Gasteiger partial charge >= 0.3 is 0 Å². The second-order valence-corrected chi connectivity index (χ2v) is 4.57. The van der Waals surface area contributed by atoms with Gasteiger partial charge in [-0.2, -0.15) is 0 Å². The summed E-state index contributed by atoms with van der Waals surface area (Å²) in [6.07, 6.45) is 4.06. The number of anilines is 2. The number of nitrogens with one attached hydrogen (secondary N) is 1. The van der Waals surface area contributed by atoms with Crippen LogP contribution in [0.4, 0.5) is 16.0 Å². The van der Waals surface area contributed by atoms with Gasteiger partial charge in [-0.15, -0.1) is 0 Å². The van der Waals surface area contributed by atoms with Crippen LogP contribution < -0.4 is 5.32 Å². The summed E-state index contributed by atoms with van der Waals surface area (Å²) < 4.78 is 13.9. The maximum Gasteiger partial charge on any atom is 0.227 e. The monoisotopic (exact) mass is 245 g/mol. The van der Waals surface area contributed by atoms with Crippen molar-refractivity contribution in [2.75, 3.05) is 5.32 Å². The summed E-state index contributed by atoms with van der Waals surface area (Å²) in [5.74, 6) is 0.595. The number of hydrogen-bond donors (Lipinski definition) is 1. The van der Waals surface area contributed by atoms with Gasteiger partial charge in [-0.1, -0.05) is 26.0 Å². The first-order chi connectivity index (χ1) is 8.66. The topological polar surface area (TPSA) is 37.8 Å². The van der Waals surface area contributed by atoms with Gasteiger partial charge < -0.3 is 5.32 Å². The summed E-state index contributed by atoms with van der Waals surface area (Å²) >= 11 is 0. The molecule has 1 N–H and O–H groups in total. The minimum absolute atomic E-state index is 0.277. The second kappa shape index (κ2) is 5.58. The van der Waals surface area contributed by atoms with Crippen LogP contribution in [0.1, 0.15) is 19.4 Å². The lowest BCUT2D eigenvalue weighted by Crippen LogP contribution is -2.04. The average molecular weight is 245 g/mol. The standard InChI is InChI=1S/C14H16FN3/c1-10(2)9-11-5-3-6-12(15)13(11)18-14-16-7-4-8-17-14/h3-8,10H,9H2,1-2H3,(H,16,17,18). The maximum atomic E-state index is 13.9. The number of halogens is 1. The van der Waals surface area contributed by atoms with E-state index >= 15 is 0 Å². The Morgan fingerprint density at radius 1 is 1.17 bits per heavy atom. The van der Waals surface area contributed by atoms with E-state index in [9.17, 15) is 4.39 Å². The summed E-state index contributed by atoms with van der Waals surface area (Å²) in [6, 6.07) is 6.81. The number of rotatable bonds is 4. The van der Waals surface area contributed by atoms with Gasteiger partial charge in [0.1, 0.15) is 5.82 Å². The largest absolute Gasteiger partial charge is 0.321 e. The van der Waals surface area contributed by atoms with Gasteiger partial charge in [0.2, 0.25) is 5.95 Å². The van der Waals surface area contributed by atoms with Crippen LogP contribution in [0, 0.1) is 11.7 Å². The molecule has 0 spiro atoms. The zero-order valence-corrected chi connectivity index (χ0v) is 10.5. The van der Waals surface area contributed by atoms with Crippen LogP contribution in [0.2, 0.25) is 0 Å². The number of para-hydroxylation sites is 1. The van der Waals surface area contributed by atoms with Crippen LogP contribution in [0.15, 0.2) is 36.7 Å². The third-order valence-corrected chi connectivity index (χ3v) is 2.53. The molecule has 0 atom stereocenters. The zero-order chi connectivity index (χ0) is 13.0. The van der Waals surface area contributed by atoms with Crippen molar-refractivity contribution in [1.29, 1.82) is 0 Å². The second-order valence-electron chi connectivity index (χ2n) is 4.57. The molecular weight excluding hydrogens is 229 g/mol. The van der Waals surface area contributed by atoms with E-state index in [1.165, 1.54) is 6.07 Å². The Kier molecular flexibility index (Phi) is 3.87. The summed E-state index contributed by atoms with van der Waals surface area (Å²) in [5, 5.41) is 2.95. The minimum Gasteiger partial charge on any atom is -0.321 e. The average Bonchev–Trinajstić information content (AvgIpc) is 2.34. The molecule has 4 heteroatoms. The summed E-state index contributed by atoms with van der Waals surface area (Å²) in [7, 11) is 0. The molecule has 1 aromatic heterocycles. The summed E-state index contributed by atoms with van der Waals surface area (Å²) in [6.45, 7) is 4.21. The van der Waals surface area contributed by atoms with Crippen molar-refractivity contribution >= 4 is 11.6 Å². The van der Waals surface area contributed by atoms with E-state index in [2.05, 4.69) is 29.1 Å². The van der Waals surface area contributed by atoms with E-state index in [4.69, 9.17) is 0 Å². The van der Waals surface area contributed by atoms with Crippen LogP contribution >= 0.6 is 0 Å². The molecule has 0 saturated carbocycles. The van der Waals surface area contributed by atoms with E-state index in [0.717, 1.165) is 12.0 Å². The molecule has 0 aliphatic heterocycles. The highest BCUT2D eigenvalue weighted by molar-refractivity contribution is 5.59. The predicted octanol–water partition coefficient (Wildman–Crippen LogP) is 3.56. The van der Waals surface area contributed by atoms with Crippen LogP contribution in [0.3, 0.4) is 0 Å². The molecule has 2 rings (SSSR count). The fourth-order valence-electron chi connectivity index (χ4n) is 1.79. The smallest absolute Gasteiger partial charge is 0.227 e. The Hall–Kier alpha value is -1.97. The van der Waals surface area contributed by atoms with Crippen LogP contribution in [0.25, 0.3) is 0 Å². The molecule has 0 amide bonds. The van der Waals surface area contributed by atoms with Crippen molar-refractivity contribution in [1.82, 2.24) is 9.97 Å². The SMILES string of the molecule is CC(C)Cc1cccc(F)c1Nc1ncccn1. The number of benzene rings is 1. The molecule has 18 heavy (non-hydrogen) atoms. The lowest BCUT2D eigenvalue weighted by atomic mass is 10.0. The van der Waals surface area contributed by atoms with E-state index in [-0.39, 0.29) is 5.82 Å². The lowest BCUT2D eigenvalue weighted by Gasteiger charge is -2.13. The maximum absolute atomic E-state index is 13.9. The Morgan fingerprint density at radius 2 is 1.89 bits per heavy atom. The molecule has 1 aromatic carbocycles. The fraction of sp³-hybridized carbons (Fsp3) is 0.286. The van der Waals surface area contributed by atoms with Gasteiger partial charge in [0, 0.05) is 12.4 Å². The highest BCUT2D eigenvalue weighted by Crippen LogP contribution is 2.24. The van der Waals surface area contributed by atoms with Gasteiger partial charge in [-0.05, 0) is 30.0 Å². The van der Waals surface area contributed by atoms with Crippen LogP contribution in [0.5, 0.6) is 0 Å². The van der Waals surface area contributed by atoms with Crippen LogP contribution in [-0.2, 0) is 6.42 Å². The molecule has 1 heterocycles. The van der Waals surface area contributed by atoms with Crippen molar-refractivity contribution in [2.45, 2.75) is 20.3 Å².